The van der Waals surface area contributed by atoms with Crippen molar-refractivity contribution in [1.82, 2.24) is 9.78 Å². The Balaban J connectivity index is 1.37. The van der Waals surface area contributed by atoms with Gasteiger partial charge < -0.3 is 4.74 Å². The van der Waals surface area contributed by atoms with Crippen LogP contribution in [0.1, 0.15) is 26.3 Å². The Labute approximate surface area is 162 Å². The molecule has 138 valence electrons. The maximum absolute atomic E-state index is 12.4. The van der Waals surface area contributed by atoms with E-state index in [0.717, 1.165) is 16.3 Å². The van der Waals surface area contributed by atoms with Gasteiger partial charge in [-0.2, -0.15) is 5.10 Å². The van der Waals surface area contributed by atoms with Gasteiger partial charge in [0, 0.05) is 11.8 Å². The van der Waals surface area contributed by atoms with Crippen molar-refractivity contribution >= 4 is 22.5 Å². The molecule has 0 amide bonds. The number of rotatable bonds is 6. The Kier molecular flexibility index (Phi) is 4.97. The summed E-state index contributed by atoms with van der Waals surface area (Å²) in [7, 11) is 0. The largest absolute Gasteiger partial charge is 0.454 e. The number of ketones is 1. The first kappa shape index (κ1) is 17.7. The van der Waals surface area contributed by atoms with Crippen LogP contribution in [0.5, 0.6) is 0 Å². The summed E-state index contributed by atoms with van der Waals surface area (Å²) in [4.78, 5) is 24.6. The molecule has 5 nitrogen and oxygen atoms in total. The molecule has 0 spiro atoms. The number of Topliss-reactive ketones (excluding diaryl/α,β-unsaturated/α-hetero) is 1. The third kappa shape index (κ3) is 3.99. The van der Waals surface area contributed by atoms with E-state index in [2.05, 4.69) is 5.10 Å². The Morgan fingerprint density at radius 3 is 2.43 bits per heavy atom. The summed E-state index contributed by atoms with van der Waals surface area (Å²) < 4.78 is 6.84. The number of esters is 1. The van der Waals surface area contributed by atoms with Gasteiger partial charge in [-0.25, -0.2) is 4.79 Å². The van der Waals surface area contributed by atoms with E-state index >= 15 is 0 Å². The van der Waals surface area contributed by atoms with Gasteiger partial charge in [0.2, 0.25) is 0 Å². The fraction of sp³-hybridized carbons (Fsp3) is 0.0870. The number of hydrogen-bond donors (Lipinski definition) is 0. The van der Waals surface area contributed by atoms with Crippen molar-refractivity contribution in [3.63, 3.8) is 0 Å². The van der Waals surface area contributed by atoms with Crippen molar-refractivity contribution in [3.05, 3.63) is 102 Å². The van der Waals surface area contributed by atoms with E-state index in [1.54, 1.807) is 16.9 Å². The van der Waals surface area contributed by atoms with Gasteiger partial charge in [-0.3, -0.25) is 9.48 Å². The molecule has 1 aromatic heterocycles. The smallest absolute Gasteiger partial charge is 0.341 e. The van der Waals surface area contributed by atoms with Gasteiger partial charge in [0.25, 0.3) is 0 Å². The molecule has 0 bridgehead atoms. The molecule has 0 aliphatic heterocycles. The molecule has 0 unspecified atom stereocenters. The lowest BCUT2D eigenvalue weighted by Gasteiger charge is -2.05. The molecular weight excluding hydrogens is 352 g/mol. The molecular formula is C23H18N2O3. The van der Waals surface area contributed by atoms with Gasteiger partial charge in [-0.15, -0.1) is 0 Å². The molecule has 0 N–H and O–H groups in total. The van der Waals surface area contributed by atoms with Gasteiger partial charge >= 0.3 is 5.97 Å². The molecule has 28 heavy (non-hydrogen) atoms. The summed E-state index contributed by atoms with van der Waals surface area (Å²) in [6.45, 7) is 0.255. The third-order valence-corrected chi connectivity index (χ3v) is 4.46. The average molecular weight is 370 g/mol. The number of nitrogens with zero attached hydrogens (tertiary/aromatic N) is 2. The predicted molar refractivity (Wildman–Crippen MR) is 106 cm³/mol. The van der Waals surface area contributed by atoms with Crippen molar-refractivity contribution in [2.24, 2.45) is 0 Å². The topological polar surface area (TPSA) is 61.2 Å². The predicted octanol–water partition coefficient (Wildman–Crippen LogP) is 4.12. The Morgan fingerprint density at radius 1 is 0.857 bits per heavy atom. The SMILES string of the molecule is O=C(COC(=O)c1cnn(Cc2ccccc2)c1)c1ccc2ccccc2c1. The van der Waals surface area contributed by atoms with Crippen LogP contribution in [0.4, 0.5) is 0 Å². The van der Waals surface area contributed by atoms with Crippen LogP contribution in [-0.4, -0.2) is 28.1 Å². The lowest BCUT2D eigenvalue weighted by atomic mass is 10.0. The van der Waals surface area contributed by atoms with E-state index in [4.69, 9.17) is 4.74 Å². The van der Waals surface area contributed by atoms with Gasteiger partial charge in [0.1, 0.15) is 0 Å². The Hall–Kier alpha value is -3.73. The Bertz CT molecular complexity index is 1130. The van der Waals surface area contributed by atoms with Crippen LogP contribution < -0.4 is 0 Å². The van der Waals surface area contributed by atoms with Crippen molar-refractivity contribution < 1.29 is 14.3 Å². The molecule has 0 aliphatic rings. The van der Waals surface area contributed by atoms with E-state index in [-0.39, 0.29) is 12.4 Å². The zero-order chi connectivity index (χ0) is 19.3. The average Bonchev–Trinajstić information content (AvgIpc) is 3.20. The third-order valence-electron chi connectivity index (χ3n) is 4.46. The highest BCUT2D eigenvalue weighted by Gasteiger charge is 2.14. The second-order valence-electron chi connectivity index (χ2n) is 6.47. The summed E-state index contributed by atoms with van der Waals surface area (Å²) in [5, 5.41) is 6.21. The lowest BCUT2D eigenvalue weighted by molar-refractivity contribution is 0.0474. The van der Waals surface area contributed by atoms with Crippen LogP contribution in [0.15, 0.2) is 85.2 Å². The van der Waals surface area contributed by atoms with Gasteiger partial charge in [0.15, 0.2) is 12.4 Å². The molecule has 3 aromatic carbocycles. The number of fused-ring (bicyclic) bond motifs is 1. The molecule has 0 radical (unpaired) electrons. The molecule has 5 heteroatoms. The molecule has 0 saturated heterocycles. The zero-order valence-electron chi connectivity index (χ0n) is 15.1. The highest BCUT2D eigenvalue weighted by Crippen LogP contribution is 2.16. The molecule has 4 rings (SSSR count). The molecule has 4 aromatic rings. The van der Waals surface area contributed by atoms with Gasteiger partial charge in [-0.05, 0) is 22.4 Å². The van der Waals surface area contributed by atoms with Gasteiger partial charge in [-0.1, -0.05) is 66.7 Å². The minimum absolute atomic E-state index is 0.240. The van der Waals surface area contributed by atoms with E-state index in [1.165, 1.54) is 6.20 Å². The number of aromatic nitrogens is 2. The van der Waals surface area contributed by atoms with E-state index < -0.39 is 5.97 Å². The highest BCUT2D eigenvalue weighted by molar-refractivity contribution is 6.02. The highest BCUT2D eigenvalue weighted by atomic mass is 16.5. The van der Waals surface area contributed by atoms with Crippen molar-refractivity contribution in [3.8, 4) is 0 Å². The summed E-state index contributed by atoms with van der Waals surface area (Å²) in [6, 6.07) is 23.1. The van der Waals surface area contributed by atoms with Crippen molar-refractivity contribution in [1.29, 1.82) is 0 Å². The summed E-state index contributed by atoms with van der Waals surface area (Å²) in [6.07, 6.45) is 3.07. The second kappa shape index (κ2) is 7.88. The number of carbonyl (C=O) groups excluding carboxylic acids is 2. The quantitative estimate of drug-likeness (QED) is 0.378. The summed E-state index contributed by atoms with van der Waals surface area (Å²) in [5.41, 5.74) is 1.92. The van der Waals surface area contributed by atoms with E-state index in [0.29, 0.717) is 17.7 Å². The minimum Gasteiger partial charge on any atom is -0.454 e. The first-order valence-electron chi connectivity index (χ1n) is 8.94. The first-order valence-corrected chi connectivity index (χ1v) is 8.94. The summed E-state index contributed by atoms with van der Waals surface area (Å²) >= 11 is 0. The fourth-order valence-corrected chi connectivity index (χ4v) is 2.99. The minimum atomic E-state index is -0.562. The van der Waals surface area contributed by atoms with Gasteiger partial charge in [0.05, 0.1) is 18.3 Å². The maximum atomic E-state index is 12.4. The molecule has 0 atom stereocenters. The molecule has 0 fully saturated rings. The second-order valence-corrected chi connectivity index (χ2v) is 6.47. The van der Waals surface area contributed by atoms with Crippen LogP contribution >= 0.6 is 0 Å². The van der Waals surface area contributed by atoms with Crippen LogP contribution in [0.3, 0.4) is 0 Å². The summed E-state index contributed by atoms with van der Waals surface area (Å²) in [5.74, 6) is -0.802. The maximum Gasteiger partial charge on any atom is 0.341 e. The number of benzene rings is 3. The van der Waals surface area contributed by atoms with Crippen molar-refractivity contribution in [2.75, 3.05) is 6.61 Å². The number of carbonyl (C=O) groups is 2. The van der Waals surface area contributed by atoms with E-state index in [9.17, 15) is 9.59 Å². The number of ether oxygens (including phenoxy) is 1. The molecule has 0 saturated carbocycles. The number of hydrogen-bond acceptors (Lipinski definition) is 4. The monoisotopic (exact) mass is 370 g/mol. The Morgan fingerprint density at radius 2 is 1.61 bits per heavy atom. The lowest BCUT2D eigenvalue weighted by Crippen LogP contribution is -2.14. The molecule has 0 aliphatic carbocycles. The van der Waals surface area contributed by atoms with Crippen LogP contribution in [0, 0.1) is 0 Å². The van der Waals surface area contributed by atoms with Crippen molar-refractivity contribution in [2.45, 2.75) is 6.54 Å². The van der Waals surface area contributed by atoms with E-state index in [1.807, 2.05) is 66.7 Å². The first-order chi connectivity index (χ1) is 13.7. The fourth-order valence-electron chi connectivity index (χ4n) is 2.99. The zero-order valence-corrected chi connectivity index (χ0v) is 15.1. The molecule has 1 heterocycles. The normalized spacial score (nSPS) is 10.7. The van der Waals surface area contributed by atoms with Crippen LogP contribution in [0.25, 0.3) is 10.8 Å². The standard InChI is InChI=1S/C23H18N2O3/c26-22(20-11-10-18-8-4-5-9-19(18)12-20)16-28-23(27)21-13-24-25(15-21)14-17-6-2-1-3-7-17/h1-13,15H,14,16H2. The van der Waals surface area contributed by atoms with Crippen LogP contribution in [0.2, 0.25) is 0 Å². The van der Waals surface area contributed by atoms with Crippen LogP contribution in [-0.2, 0) is 11.3 Å².